The number of rotatable bonds is 60. The molecule has 37 N–H and O–H groups in total. The molecule has 744 valence electrons. The molecule has 0 unspecified atom stereocenters. The average Bonchev–Trinajstić information content (AvgIpc) is 1.67. The van der Waals surface area contributed by atoms with Gasteiger partial charge in [-0.25, -0.2) is 4.79 Å². The lowest BCUT2D eigenvalue weighted by Crippen LogP contribution is -2.60. The molecule has 1 saturated heterocycles. The summed E-state index contributed by atoms with van der Waals surface area (Å²) in [5, 5.41) is 139. The molecule has 3 aromatic rings. The van der Waals surface area contributed by atoms with E-state index in [-0.39, 0.29) is 93.8 Å². The van der Waals surface area contributed by atoms with Gasteiger partial charge in [-0.3, -0.25) is 112 Å². The van der Waals surface area contributed by atoms with Gasteiger partial charge in [0, 0.05) is 51.7 Å². The predicted molar refractivity (Wildman–Crippen MR) is 467 cm³/mol. The Kier molecular flexibility index (Phi) is 46.7. The maximum Gasteiger partial charge on any atom is 0.326 e. The number of primary amides is 2. The number of benzene rings is 3. The lowest BCUT2D eigenvalue weighted by molar-refractivity contribution is -0.143. The van der Waals surface area contributed by atoms with E-state index in [1.165, 1.54) is 79.7 Å². The van der Waals surface area contributed by atoms with E-state index in [9.17, 15) is 151 Å². The van der Waals surface area contributed by atoms with Crippen molar-refractivity contribution in [2.45, 2.75) is 207 Å². The maximum atomic E-state index is 14.5. The predicted octanol–water partition coefficient (Wildman–Crippen LogP) is -11.4. The Bertz CT molecular complexity index is 4820. The average molecular weight is 1920 g/mol. The van der Waals surface area contributed by atoms with Crippen LogP contribution in [-0.2, 0) is 125 Å². The Morgan fingerprint density at radius 2 is 0.713 bits per heavy atom. The molecule has 136 heavy (non-hydrogen) atoms. The molecule has 0 aliphatic carbocycles. The number of carbonyl (C=O) groups is 22. The smallest absolute Gasteiger partial charge is 0.326 e. The molecule has 1 aliphatic heterocycles. The molecule has 0 saturated carbocycles. The summed E-state index contributed by atoms with van der Waals surface area (Å²) in [4.78, 5) is 294. The van der Waals surface area contributed by atoms with E-state index in [1.54, 1.807) is 0 Å². The number of phenolic OH excluding ortho intramolecular Hbond substituents is 3. The third-order valence-electron chi connectivity index (χ3n) is 20.2. The van der Waals surface area contributed by atoms with Crippen molar-refractivity contribution >= 4 is 142 Å². The molecule has 0 bridgehead atoms. The van der Waals surface area contributed by atoms with Gasteiger partial charge >= 0.3 is 29.8 Å². The van der Waals surface area contributed by atoms with Crippen LogP contribution in [0.4, 0.5) is 0 Å². The van der Waals surface area contributed by atoms with E-state index in [0.717, 1.165) is 4.90 Å². The summed E-state index contributed by atoms with van der Waals surface area (Å²) in [6.45, 7) is -2.80. The topological polar surface area (TPSA) is 931 Å². The van der Waals surface area contributed by atoms with Crippen LogP contribution in [0.25, 0.3) is 0 Å². The van der Waals surface area contributed by atoms with Crippen LogP contribution in [0.15, 0.2) is 72.8 Å². The Morgan fingerprint density at radius 1 is 0.375 bits per heavy atom. The second kappa shape index (κ2) is 56.6. The first-order valence-electron chi connectivity index (χ1n) is 42.0. The number of phenols is 3. The molecule has 55 nitrogen and oxygen atoms in total. The van der Waals surface area contributed by atoms with E-state index in [1.807, 2.05) is 0 Å². The normalized spacial score (nSPS) is 14.8. The second-order valence-electron chi connectivity index (χ2n) is 31.1. The van der Waals surface area contributed by atoms with E-state index in [2.05, 4.69) is 85.1 Å². The van der Waals surface area contributed by atoms with Crippen molar-refractivity contribution in [2.24, 2.45) is 28.7 Å². The quantitative estimate of drug-likeness (QED) is 0.0142. The monoisotopic (exact) mass is 1920 g/mol. The van der Waals surface area contributed by atoms with Crippen LogP contribution >= 0.6 is 0 Å². The molecule has 1 aliphatic rings. The number of aliphatic hydroxyl groups is 1. The summed E-state index contributed by atoms with van der Waals surface area (Å²) in [6.07, 6.45) is -9.77. The summed E-state index contributed by atoms with van der Waals surface area (Å²) in [5.41, 5.74) is 28.8. The van der Waals surface area contributed by atoms with Gasteiger partial charge in [0.05, 0.1) is 45.0 Å². The molecule has 1 heterocycles. The molecular weight excluding hydrogens is 1810 g/mol. The number of guanidine groups is 2. The molecule has 4 rings (SSSR count). The molecule has 0 radical (unpaired) electrons. The Morgan fingerprint density at radius 3 is 1.14 bits per heavy atom. The number of carboxylic acid groups (broad SMARTS) is 5. The number of likely N-dealkylation sites (tertiary alicyclic amines) is 1. The highest BCUT2D eigenvalue weighted by Gasteiger charge is 2.42. The minimum atomic E-state index is -2.19. The number of hydrogen-bond donors (Lipinski definition) is 32. The van der Waals surface area contributed by atoms with Crippen molar-refractivity contribution in [2.75, 3.05) is 39.3 Å². The number of nitrogens with zero attached hydrogens (tertiary/aromatic N) is 1. The lowest BCUT2D eigenvalue weighted by atomic mass is 10.0. The van der Waals surface area contributed by atoms with Crippen molar-refractivity contribution in [1.29, 1.82) is 10.8 Å². The van der Waals surface area contributed by atoms with Crippen LogP contribution in [-0.4, -0.2) is 317 Å². The van der Waals surface area contributed by atoms with Crippen molar-refractivity contribution in [3.8, 4) is 17.2 Å². The van der Waals surface area contributed by atoms with Gasteiger partial charge in [0.15, 0.2) is 11.9 Å². The van der Waals surface area contributed by atoms with Gasteiger partial charge in [-0.15, -0.1) is 0 Å². The zero-order chi connectivity index (χ0) is 102. The highest BCUT2D eigenvalue weighted by molar-refractivity contribution is 6.02. The lowest BCUT2D eigenvalue weighted by Gasteiger charge is -2.30. The van der Waals surface area contributed by atoms with Crippen molar-refractivity contribution in [3.63, 3.8) is 0 Å². The summed E-state index contributed by atoms with van der Waals surface area (Å²) >= 11 is 0. The fourth-order valence-corrected chi connectivity index (χ4v) is 13.1. The first-order chi connectivity index (χ1) is 64.0. The maximum absolute atomic E-state index is 14.5. The van der Waals surface area contributed by atoms with Crippen LogP contribution < -0.4 is 114 Å². The first-order valence-corrected chi connectivity index (χ1v) is 42.0. The minimum absolute atomic E-state index is 0.0236. The first kappa shape index (κ1) is 112. The zero-order valence-electron chi connectivity index (χ0n) is 73.3. The van der Waals surface area contributed by atoms with Crippen LogP contribution in [0.3, 0.4) is 0 Å². The SMILES string of the molecule is C[C@H](NC(=O)[C@H](CCCNC(=N)N)NC(=O)[C@H](Cc1ccc(O)cc1)NC(=O)[C@H](CC(N)=O)NC(=O)[C@H](CC(=O)O)NC(=O)CNC(=O)[C@H](CCCNC(=N)N)NC(=O)[C@@H]1CCCN1C(=O)[C@H](CCC(=O)O)NC(=O)CNC(=O)[C@H](CC(N)=O)NC(=O)[C@H](CCC(=O)O)NC(=O)[C@H](CO)NC(=O)[C@H](CCC(=O)O)NC(=O)[C@@H](N)Cc1ccc(O)cc1)C(=O)N[C@@H](Cc1ccc(O)cc1)C(=O)O. The number of aromatic hydroxyl groups is 3. The highest BCUT2D eigenvalue weighted by atomic mass is 16.4. The van der Waals surface area contributed by atoms with Gasteiger partial charge < -0.3 is 165 Å². The highest BCUT2D eigenvalue weighted by Crippen LogP contribution is 2.22. The molecular formula is C81H114N24O31. The standard InChI is InChI=1S/C81H114N24O31/c1-38(66(122)103-55(79(135)136)31-41-12-18-44(109)19-13-41)93-70(126)47(6-3-27-90-81(87)88)97-73(129)51(30-40-10-16-43(108)17-11-40)100-74(130)53(33-59(84)111)102-75(131)54(34-65(120)121)95-61(113)36-91-68(124)46(5-2-26-89-80(85)86)99-77(133)57-7-4-28-105(57)78(134)50(22-25-64(118)119)94-60(112)35-92-69(125)52(32-58(83)110)101-71(127)49(21-24-63(116)117)98-76(132)56(37-106)104-72(128)48(20-23-62(114)115)96-67(123)45(82)29-39-8-14-42(107)15-9-39/h8-19,38,45-57,106-109H,2-7,20-37,82H2,1H3,(H2,83,110)(H2,84,111)(H,91,124)(H,92,125)(H,93,126)(H,94,112)(H,95,113)(H,96,123)(H,97,129)(H,98,132)(H,99,133)(H,100,130)(H,101,127)(H,102,131)(H,103,122)(H,104,128)(H,114,115)(H,116,117)(H,118,119)(H,120,121)(H,135,136)(H4,85,86,89)(H4,87,88,90)/t38-,45-,46-,47-,48-,49-,50-,51-,52-,53-,54-,55-,56-,57-/m0/s1. The van der Waals surface area contributed by atoms with Crippen LogP contribution in [0.5, 0.6) is 17.2 Å². The number of amides is 17. The number of nitrogens with two attached hydrogens (primary N) is 5. The van der Waals surface area contributed by atoms with Gasteiger partial charge in [-0.2, -0.15) is 0 Å². The number of carbonyl (C=O) groups excluding carboxylic acids is 17. The zero-order valence-corrected chi connectivity index (χ0v) is 73.3. The molecule has 3 aromatic carbocycles. The van der Waals surface area contributed by atoms with E-state index in [4.69, 9.17) is 39.5 Å². The van der Waals surface area contributed by atoms with Gasteiger partial charge in [-0.05, 0) is 124 Å². The number of aliphatic carboxylic acids is 5. The fraction of sp³-hybridized carbons (Fsp3) is 0.481. The number of carboxylic acids is 5. The van der Waals surface area contributed by atoms with Crippen molar-refractivity contribution < 1.29 is 151 Å². The van der Waals surface area contributed by atoms with Gasteiger partial charge in [0.1, 0.15) is 95.8 Å². The van der Waals surface area contributed by atoms with Gasteiger partial charge in [0.2, 0.25) is 100 Å². The van der Waals surface area contributed by atoms with Crippen LogP contribution in [0.1, 0.15) is 120 Å². The number of hydrogen-bond acceptors (Lipinski definition) is 29. The Labute approximate surface area is 773 Å². The minimum Gasteiger partial charge on any atom is -0.508 e. The molecule has 17 amide bonds. The third-order valence-corrected chi connectivity index (χ3v) is 20.2. The van der Waals surface area contributed by atoms with Crippen molar-refractivity contribution in [3.05, 3.63) is 89.5 Å². The summed E-state index contributed by atoms with van der Waals surface area (Å²) < 4.78 is 0. The molecule has 0 aromatic heterocycles. The summed E-state index contributed by atoms with van der Waals surface area (Å²) in [6, 6.07) is -9.11. The Balaban J connectivity index is 1.50. The third kappa shape index (κ3) is 41.5. The van der Waals surface area contributed by atoms with E-state index in [0.29, 0.717) is 11.1 Å². The van der Waals surface area contributed by atoms with Gasteiger partial charge in [0.25, 0.3) is 0 Å². The second-order valence-corrected chi connectivity index (χ2v) is 31.1. The van der Waals surface area contributed by atoms with Gasteiger partial charge in [-0.1, -0.05) is 36.4 Å². The van der Waals surface area contributed by atoms with Crippen molar-refractivity contribution in [1.82, 2.24) is 90.0 Å². The van der Waals surface area contributed by atoms with Crippen LogP contribution in [0, 0.1) is 10.8 Å². The largest absolute Gasteiger partial charge is 0.508 e. The molecule has 1 fully saturated rings. The fourth-order valence-electron chi connectivity index (χ4n) is 13.1. The van der Waals surface area contributed by atoms with E-state index >= 15 is 0 Å². The molecule has 55 heteroatoms. The summed E-state index contributed by atoms with van der Waals surface area (Å²) in [5.74, 6) is -30.3. The Hall–Kier alpha value is -16.1. The molecule has 0 spiro atoms. The molecule has 14 atom stereocenters. The van der Waals surface area contributed by atoms with E-state index < -0.39 is 311 Å². The number of aliphatic hydroxyl groups excluding tert-OH is 1. The summed E-state index contributed by atoms with van der Waals surface area (Å²) in [7, 11) is 0. The van der Waals surface area contributed by atoms with Crippen LogP contribution in [0.2, 0.25) is 0 Å². The number of nitrogens with one attached hydrogen (secondary N) is 18.